The Bertz CT molecular complexity index is 617. The Morgan fingerprint density at radius 1 is 1.61 bits per heavy atom. The van der Waals surface area contributed by atoms with Crippen LogP contribution in [0.15, 0.2) is 23.7 Å². The number of aromatic nitrogens is 2. The van der Waals surface area contributed by atoms with E-state index < -0.39 is 0 Å². The van der Waals surface area contributed by atoms with Crippen molar-refractivity contribution in [3.8, 4) is 11.8 Å². The zero-order chi connectivity index (χ0) is 13.0. The van der Waals surface area contributed by atoms with Crippen LogP contribution >= 0.6 is 11.3 Å². The Morgan fingerprint density at radius 2 is 2.44 bits per heavy atom. The van der Waals surface area contributed by atoms with Crippen LogP contribution in [0, 0.1) is 11.8 Å². The van der Waals surface area contributed by atoms with E-state index in [9.17, 15) is 4.79 Å². The highest BCUT2D eigenvalue weighted by molar-refractivity contribution is 7.12. The molecule has 2 aromatic rings. The molecular weight excluding hydrogens is 248 g/mol. The maximum absolute atomic E-state index is 12.1. The highest BCUT2D eigenvalue weighted by Gasteiger charge is 2.13. The van der Waals surface area contributed by atoms with Gasteiger partial charge in [0.25, 0.3) is 5.91 Å². The lowest BCUT2D eigenvalue weighted by Crippen LogP contribution is -2.14. The number of nitrogens with zero attached hydrogens (tertiary/aromatic N) is 2. The van der Waals surface area contributed by atoms with Gasteiger partial charge in [-0.25, -0.2) is 0 Å². The number of carbonyl (C=O) groups is 1. The molecule has 3 N–H and O–H groups in total. The zero-order valence-electron chi connectivity index (χ0n) is 9.80. The average Bonchev–Trinajstić information content (AvgIpc) is 2.96. The largest absolute Gasteiger partial charge is 0.320 e. The number of rotatable bonds is 2. The maximum Gasteiger partial charge on any atom is 0.268 e. The van der Waals surface area contributed by atoms with Crippen molar-refractivity contribution >= 4 is 23.1 Å². The summed E-state index contributed by atoms with van der Waals surface area (Å²) in [5.41, 5.74) is 6.02. The molecule has 0 fully saturated rings. The van der Waals surface area contributed by atoms with E-state index in [4.69, 9.17) is 5.73 Å². The van der Waals surface area contributed by atoms with E-state index in [1.165, 1.54) is 11.3 Å². The first-order chi connectivity index (χ1) is 8.72. The van der Waals surface area contributed by atoms with E-state index in [1.807, 2.05) is 11.4 Å². The molecule has 18 heavy (non-hydrogen) atoms. The van der Waals surface area contributed by atoms with Gasteiger partial charge in [-0.1, -0.05) is 11.8 Å². The average molecular weight is 260 g/mol. The first-order valence-corrected chi connectivity index (χ1v) is 6.16. The SMILES string of the molecule is Cn1nccc1NC(=O)c1sccc1C#CCN. The fourth-order valence-corrected chi connectivity index (χ4v) is 2.14. The molecule has 5 nitrogen and oxygen atoms in total. The van der Waals surface area contributed by atoms with Crippen LogP contribution < -0.4 is 11.1 Å². The summed E-state index contributed by atoms with van der Waals surface area (Å²) >= 11 is 1.35. The van der Waals surface area contributed by atoms with Gasteiger partial charge in [0.1, 0.15) is 10.7 Å². The number of aryl methyl sites for hydroxylation is 1. The third kappa shape index (κ3) is 2.59. The predicted octanol–water partition coefficient (Wildman–Crippen LogP) is 1.04. The molecular formula is C12H12N4OS. The topological polar surface area (TPSA) is 72.9 Å². The van der Waals surface area contributed by atoms with Gasteiger partial charge in [0.2, 0.25) is 0 Å². The molecule has 2 aromatic heterocycles. The number of amides is 1. The quantitative estimate of drug-likeness (QED) is 0.793. The Balaban J connectivity index is 2.19. The Labute approximate surface area is 109 Å². The number of hydrogen-bond acceptors (Lipinski definition) is 4. The van der Waals surface area contributed by atoms with Crippen LogP contribution in [-0.4, -0.2) is 22.2 Å². The smallest absolute Gasteiger partial charge is 0.268 e. The van der Waals surface area contributed by atoms with Gasteiger partial charge >= 0.3 is 0 Å². The molecule has 92 valence electrons. The van der Waals surface area contributed by atoms with E-state index in [-0.39, 0.29) is 12.5 Å². The third-order valence-electron chi connectivity index (χ3n) is 2.26. The number of hydrogen-bond donors (Lipinski definition) is 2. The number of anilines is 1. The number of carbonyl (C=O) groups excluding carboxylic acids is 1. The van der Waals surface area contributed by atoms with E-state index in [2.05, 4.69) is 22.3 Å². The second-order valence-corrected chi connectivity index (χ2v) is 4.38. The molecule has 0 radical (unpaired) electrons. The van der Waals surface area contributed by atoms with Crippen LogP contribution in [-0.2, 0) is 7.05 Å². The zero-order valence-corrected chi connectivity index (χ0v) is 10.6. The Kier molecular flexibility index (Phi) is 3.77. The molecule has 0 aliphatic heterocycles. The van der Waals surface area contributed by atoms with Crippen LogP contribution in [0.3, 0.4) is 0 Å². The van der Waals surface area contributed by atoms with Crippen molar-refractivity contribution < 1.29 is 4.79 Å². The predicted molar refractivity (Wildman–Crippen MR) is 71.4 cm³/mol. The minimum atomic E-state index is -0.185. The van der Waals surface area contributed by atoms with Gasteiger partial charge in [-0.15, -0.1) is 11.3 Å². The lowest BCUT2D eigenvalue weighted by Gasteiger charge is -2.03. The van der Waals surface area contributed by atoms with Crippen molar-refractivity contribution in [3.05, 3.63) is 34.2 Å². The normalized spacial score (nSPS) is 9.67. The van der Waals surface area contributed by atoms with Crippen molar-refractivity contribution in [2.75, 3.05) is 11.9 Å². The van der Waals surface area contributed by atoms with Crippen LogP contribution in [0.25, 0.3) is 0 Å². The minimum Gasteiger partial charge on any atom is -0.320 e. The molecule has 0 unspecified atom stereocenters. The van der Waals surface area contributed by atoms with Gasteiger partial charge in [0, 0.05) is 18.7 Å². The van der Waals surface area contributed by atoms with E-state index >= 15 is 0 Å². The summed E-state index contributed by atoms with van der Waals surface area (Å²) in [6.45, 7) is 0.276. The molecule has 2 heterocycles. The van der Waals surface area contributed by atoms with Crippen LogP contribution in [0.2, 0.25) is 0 Å². The summed E-state index contributed by atoms with van der Waals surface area (Å²) < 4.78 is 1.59. The molecule has 6 heteroatoms. The van der Waals surface area contributed by atoms with Crippen molar-refractivity contribution in [2.24, 2.45) is 12.8 Å². The molecule has 0 saturated carbocycles. The lowest BCUT2D eigenvalue weighted by molar-refractivity contribution is 0.102. The van der Waals surface area contributed by atoms with E-state index in [0.29, 0.717) is 16.3 Å². The summed E-state index contributed by atoms with van der Waals surface area (Å²) in [4.78, 5) is 12.6. The summed E-state index contributed by atoms with van der Waals surface area (Å²) in [5, 5.41) is 8.60. The number of nitrogens with one attached hydrogen (secondary N) is 1. The van der Waals surface area contributed by atoms with Crippen molar-refractivity contribution in [1.29, 1.82) is 0 Å². The van der Waals surface area contributed by atoms with E-state index in [0.717, 1.165) is 0 Å². The molecule has 0 bridgehead atoms. The summed E-state index contributed by atoms with van der Waals surface area (Å²) in [5.74, 6) is 6.08. The molecule has 0 aromatic carbocycles. The fourth-order valence-electron chi connectivity index (χ4n) is 1.40. The Hall–Kier alpha value is -2.10. The maximum atomic E-state index is 12.1. The monoisotopic (exact) mass is 260 g/mol. The molecule has 0 saturated heterocycles. The van der Waals surface area contributed by atoms with Crippen LogP contribution in [0.5, 0.6) is 0 Å². The highest BCUT2D eigenvalue weighted by atomic mass is 32.1. The van der Waals surface area contributed by atoms with Gasteiger partial charge in [-0.3, -0.25) is 9.48 Å². The van der Waals surface area contributed by atoms with Crippen LogP contribution in [0.4, 0.5) is 5.82 Å². The molecule has 0 atom stereocenters. The number of thiophene rings is 1. The summed E-state index contributed by atoms with van der Waals surface area (Å²) in [7, 11) is 1.76. The molecule has 1 amide bonds. The second-order valence-electron chi connectivity index (χ2n) is 3.46. The van der Waals surface area contributed by atoms with Crippen molar-refractivity contribution in [3.63, 3.8) is 0 Å². The second kappa shape index (κ2) is 5.49. The minimum absolute atomic E-state index is 0.185. The van der Waals surface area contributed by atoms with Gasteiger partial charge in [0.15, 0.2) is 0 Å². The molecule has 0 aliphatic rings. The van der Waals surface area contributed by atoms with Gasteiger partial charge in [0.05, 0.1) is 12.7 Å². The van der Waals surface area contributed by atoms with Gasteiger partial charge in [-0.2, -0.15) is 5.10 Å². The fraction of sp³-hybridized carbons (Fsp3) is 0.167. The lowest BCUT2D eigenvalue weighted by atomic mass is 10.2. The Morgan fingerprint density at radius 3 is 3.11 bits per heavy atom. The first kappa shape index (κ1) is 12.4. The van der Waals surface area contributed by atoms with E-state index in [1.54, 1.807) is 24.0 Å². The number of nitrogens with two attached hydrogens (primary N) is 1. The van der Waals surface area contributed by atoms with Crippen LogP contribution in [0.1, 0.15) is 15.2 Å². The summed E-state index contributed by atoms with van der Waals surface area (Å²) in [6.07, 6.45) is 1.62. The standard InChI is InChI=1S/C12H12N4OS/c1-16-10(4-7-14-16)15-12(17)11-9(3-2-6-13)5-8-18-11/h4-5,7-8H,6,13H2,1H3,(H,15,17). The third-order valence-corrected chi connectivity index (χ3v) is 3.17. The molecule has 0 aliphatic carbocycles. The van der Waals surface area contributed by atoms with Crippen molar-refractivity contribution in [2.45, 2.75) is 0 Å². The summed E-state index contributed by atoms with van der Waals surface area (Å²) in [6, 6.07) is 3.54. The highest BCUT2D eigenvalue weighted by Crippen LogP contribution is 2.17. The van der Waals surface area contributed by atoms with Crippen molar-refractivity contribution in [1.82, 2.24) is 9.78 Å². The van der Waals surface area contributed by atoms with Gasteiger partial charge in [-0.05, 0) is 11.4 Å². The van der Waals surface area contributed by atoms with Gasteiger partial charge < -0.3 is 11.1 Å². The first-order valence-electron chi connectivity index (χ1n) is 5.28. The molecule has 2 rings (SSSR count). The molecule has 0 spiro atoms.